The first kappa shape index (κ1) is 12.1. The quantitative estimate of drug-likeness (QED) is 0.533. The van der Waals surface area contributed by atoms with Gasteiger partial charge in [0.2, 0.25) is 0 Å². The van der Waals surface area contributed by atoms with Crippen molar-refractivity contribution in [2.45, 2.75) is 39.7 Å². The van der Waals surface area contributed by atoms with E-state index in [4.69, 9.17) is 4.74 Å². The molecule has 0 saturated heterocycles. The smallest absolute Gasteiger partial charge is 0.306 e. The molecule has 2 nitrogen and oxygen atoms in total. The molecule has 0 spiro atoms. The van der Waals surface area contributed by atoms with Gasteiger partial charge in [-0.15, -0.1) is 0 Å². The highest BCUT2D eigenvalue weighted by Gasteiger charge is 2.13. The summed E-state index contributed by atoms with van der Waals surface area (Å²) in [5.41, 5.74) is -0.326. The van der Waals surface area contributed by atoms with Gasteiger partial charge in [-0.25, -0.2) is 0 Å². The van der Waals surface area contributed by atoms with Gasteiger partial charge in [0.25, 0.3) is 0 Å². The highest BCUT2D eigenvalue weighted by atomic mass is 19.0. The number of ether oxygens (including phenoxy) is 1. The number of rotatable bonds is 1. The Kier molecular flexibility index (Phi) is 5.15. The molecule has 0 heterocycles. The van der Waals surface area contributed by atoms with E-state index in [1.165, 1.54) is 0 Å². The molecular weight excluding hydrogens is 135 g/mol. The standard InChI is InChI=1S/C7H14O2.FH/c1-5-6(8)9-7(2,3)4;/h5H2,1-4H3;1H. The minimum absolute atomic E-state index is 0. The van der Waals surface area contributed by atoms with Gasteiger partial charge in [0.05, 0.1) is 0 Å². The van der Waals surface area contributed by atoms with Crippen molar-refractivity contribution in [3.8, 4) is 0 Å². The number of hydrogen-bond donors (Lipinski definition) is 0. The van der Waals surface area contributed by atoms with E-state index < -0.39 is 0 Å². The van der Waals surface area contributed by atoms with Crippen molar-refractivity contribution in [2.24, 2.45) is 0 Å². The molecule has 0 radical (unpaired) electrons. The third kappa shape index (κ3) is 7.40. The van der Waals surface area contributed by atoms with E-state index in [2.05, 4.69) is 0 Å². The molecule has 0 aliphatic carbocycles. The Labute approximate surface area is 60.9 Å². The van der Waals surface area contributed by atoms with Crippen molar-refractivity contribution in [3.63, 3.8) is 0 Å². The van der Waals surface area contributed by atoms with Crippen LogP contribution in [0.2, 0.25) is 0 Å². The molecule has 0 aromatic carbocycles. The summed E-state index contributed by atoms with van der Waals surface area (Å²) in [4.78, 5) is 10.6. The van der Waals surface area contributed by atoms with Crippen LogP contribution < -0.4 is 0 Å². The lowest BCUT2D eigenvalue weighted by molar-refractivity contribution is -0.154. The predicted octanol–water partition coefficient (Wildman–Crippen LogP) is 1.89. The van der Waals surface area contributed by atoms with Crippen LogP contribution in [0.25, 0.3) is 0 Å². The van der Waals surface area contributed by atoms with Crippen molar-refractivity contribution in [1.29, 1.82) is 0 Å². The fourth-order valence-electron chi connectivity index (χ4n) is 0.414. The fourth-order valence-corrected chi connectivity index (χ4v) is 0.414. The third-order valence-corrected chi connectivity index (χ3v) is 0.709. The van der Waals surface area contributed by atoms with E-state index in [1.807, 2.05) is 20.8 Å². The van der Waals surface area contributed by atoms with E-state index in [-0.39, 0.29) is 16.3 Å². The zero-order chi connectivity index (χ0) is 7.49. The number of carbonyl (C=O) groups is 1. The molecule has 0 unspecified atom stereocenters. The summed E-state index contributed by atoms with van der Waals surface area (Å²) in [6.07, 6.45) is 0.456. The molecule has 0 N–H and O–H groups in total. The Morgan fingerprint density at radius 1 is 1.40 bits per heavy atom. The summed E-state index contributed by atoms with van der Waals surface area (Å²) in [5.74, 6) is -0.137. The van der Waals surface area contributed by atoms with Crippen LogP contribution in [-0.4, -0.2) is 11.6 Å². The molecular formula is C7H15FO2. The average molecular weight is 150 g/mol. The van der Waals surface area contributed by atoms with E-state index in [0.717, 1.165) is 0 Å². The molecule has 0 aromatic rings. The molecule has 0 amide bonds. The average Bonchev–Trinajstić information content (AvgIpc) is 1.62. The van der Waals surface area contributed by atoms with Gasteiger partial charge >= 0.3 is 5.97 Å². The largest absolute Gasteiger partial charge is 0.460 e. The SMILES string of the molecule is CCC(=O)OC(C)(C)C.F. The zero-order valence-corrected chi connectivity index (χ0v) is 6.93. The van der Waals surface area contributed by atoms with Crippen LogP contribution in [0.3, 0.4) is 0 Å². The van der Waals surface area contributed by atoms with E-state index >= 15 is 0 Å². The van der Waals surface area contributed by atoms with Gasteiger partial charge in [-0.3, -0.25) is 9.50 Å². The van der Waals surface area contributed by atoms with Crippen LogP contribution in [0.4, 0.5) is 4.70 Å². The monoisotopic (exact) mass is 150 g/mol. The molecule has 0 aromatic heterocycles. The second-order valence-corrected chi connectivity index (χ2v) is 2.94. The zero-order valence-electron chi connectivity index (χ0n) is 6.93. The molecule has 0 aliphatic rings. The normalized spacial score (nSPS) is 10.0. The number of esters is 1. The number of hydrogen-bond acceptors (Lipinski definition) is 2. The summed E-state index contributed by atoms with van der Waals surface area (Å²) < 4.78 is 4.95. The Balaban J connectivity index is 0. The van der Waals surface area contributed by atoms with Crippen molar-refractivity contribution in [1.82, 2.24) is 0 Å². The minimum Gasteiger partial charge on any atom is -0.460 e. The first-order chi connectivity index (χ1) is 3.95. The van der Waals surface area contributed by atoms with Crippen LogP contribution in [0.5, 0.6) is 0 Å². The van der Waals surface area contributed by atoms with Gasteiger partial charge in [0, 0.05) is 6.42 Å². The topological polar surface area (TPSA) is 26.3 Å². The summed E-state index contributed by atoms with van der Waals surface area (Å²) in [6.45, 7) is 7.37. The minimum atomic E-state index is -0.326. The maximum Gasteiger partial charge on any atom is 0.306 e. The first-order valence-corrected chi connectivity index (χ1v) is 3.17. The van der Waals surface area contributed by atoms with Gasteiger partial charge in [-0.05, 0) is 20.8 Å². The molecule has 0 rings (SSSR count). The number of carbonyl (C=O) groups excluding carboxylic acids is 1. The molecule has 0 fully saturated rings. The van der Waals surface area contributed by atoms with Crippen LogP contribution in [0.15, 0.2) is 0 Å². The van der Waals surface area contributed by atoms with E-state index in [1.54, 1.807) is 6.92 Å². The van der Waals surface area contributed by atoms with Crippen LogP contribution in [0.1, 0.15) is 34.1 Å². The van der Waals surface area contributed by atoms with E-state index in [0.29, 0.717) is 6.42 Å². The maximum absolute atomic E-state index is 10.6. The van der Waals surface area contributed by atoms with Crippen molar-refractivity contribution >= 4 is 5.97 Å². The summed E-state index contributed by atoms with van der Waals surface area (Å²) in [5, 5.41) is 0. The molecule has 0 aliphatic heterocycles. The lowest BCUT2D eigenvalue weighted by atomic mass is 10.2. The Morgan fingerprint density at radius 3 is 1.90 bits per heavy atom. The summed E-state index contributed by atoms with van der Waals surface area (Å²) in [6, 6.07) is 0. The predicted molar refractivity (Wildman–Crippen MR) is 38.6 cm³/mol. The Bertz CT molecular complexity index is 105. The highest BCUT2D eigenvalue weighted by molar-refractivity contribution is 5.69. The molecule has 3 heteroatoms. The summed E-state index contributed by atoms with van der Waals surface area (Å²) >= 11 is 0. The van der Waals surface area contributed by atoms with Crippen molar-refractivity contribution in [2.75, 3.05) is 0 Å². The first-order valence-electron chi connectivity index (χ1n) is 3.17. The van der Waals surface area contributed by atoms with Crippen LogP contribution in [-0.2, 0) is 9.53 Å². The molecule has 10 heavy (non-hydrogen) atoms. The Morgan fingerprint density at radius 2 is 1.80 bits per heavy atom. The highest BCUT2D eigenvalue weighted by Crippen LogP contribution is 2.07. The van der Waals surface area contributed by atoms with Gasteiger partial charge in [0.1, 0.15) is 5.60 Å². The third-order valence-electron chi connectivity index (χ3n) is 0.709. The van der Waals surface area contributed by atoms with Crippen molar-refractivity contribution in [3.05, 3.63) is 0 Å². The second kappa shape index (κ2) is 4.25. The molecule has 62 valence electrons. The fraction of sp³-hybridized carbons (Fsp3) is 0.857. The molecule has 0 atom stereocenters. The Hall–Kier alpha value is -0.600. The van der Waals surface area contributed by atoms with E-state index in [9.17, 15) is 4.79 Å². The maximum atomic E-state index is 10.6. The van der Waals surface area contributed by atoms with Crippen molar-refractivity contribution < 1.29 is 14.2 Å². The second-order valence-electron chi connectivity index (χ2n) is 2.94. The van der Waals surface area contributed by atoms with Crippen LogP contribution in [0, 0.1) is 0 Å². The van der Waals surface area contributed by atoms with Gasteiger partial charge in [0.15, 0.2) is 0 Å². The number of halogens is 1. The lowest BCUT2D eigenvalue weighted by Crippen LogP contribution is -2.23. The molecule has 0 saturated carbocycles. The summed E-state index contributed by atoms with van der Waals surface area (Å²) in [7, 11) is 0. The van der Waals surface area contributed by atoms with Gasteiger partial charge in [-0.2, -0.15) is 0 Å². The van der Waals surface area contributed by atoms with Gasteiger partial charge in [-0.1, -0.05) is 6.92 Å². The van der Waals surface area contributed by atoms with Gasteiger partial charge < -0.3 is 4.74 Å². The lowest BCUT2D eigenvalue weighted by Gasteiger charge is -2.18. The van der Waals surface area contributed by atoms with Crippen LogP contribution >= 0.6 is 0 Å². The molecule has 0 bridgehead atoms.